The lowest BCUT2D eigenvalue weighted by molar-refractivity contribution is 0.0655. The van der Waals surface area contributed by atoms with Crippen molar-refractivity contribution in [3.63, 3.8) is 0 Å². The maximum Gasteiger partial charge on any atom is 0.261 e. The van der Waals surface area contributed by atoms with Crippen LogP contribution >= 0.6 is 27.5 Å². The standard InChI is InChI=1S/C28H23BrClN3O5S/c29-19-5-7-20(8-6-19)31-39(37,38)21-9-10-25(30)24(17-21)26(34)32-14-11-18(12-15-32)13-16-33-27(35)22-3-1-2-4-23(22)28(33)36/h1-11,17,31H,12-16H2. The van der Waals surface area contributed by atoms with Crippen LogP contribution < -0.4 is 4.72 Å². The average molecular weight is 629 g/mol. The normalized spacial score (nSPS) is 15.3. The van der Waals surface area contributed by atoms with E-state index in [1.165, 1.54) is 23.1 Å². The van der Waals surface area contributed by atoms with Crippen molar-refractivity contribution in [1.29, 1.82) is 0 Å². The van der Waals surface area contributed by atoms with Crippen LogP contribution in [0.1, 0.15) is 43.9 Å². The summed E-state index contributed by atoms with van der Waals surface area (Å²) in [5.74, 6) is -0.956. The lowest BCUT2D eigenvalue weighted by atomic mass is 10.0. The number of imide groups is 1. The predicted molar refractivity (Wildman–Crippen MR) is 151 cm³/mol. The van der Waals surface area contributed by atoms with Crippen LogP contribution in [-0.2, 0) is 10.0 Å². The Morgan fingerprint density at radius 3 is 2.26 bits per heavy atom. The van der Waals surface area contributed by atoms with Gasteiger partial charge in [0.2, 0.25) is 0 Å². The molecule has 5 rings (SSSR count). The molecule has 1 N–H and O–H groups in total. The highest BCUT2D eigenvalue weighted by Gasteiger charge is 2.35. The van der Waals surface area contributed by atoms with Crippen molar-refractivity contribution in [3.8, 4) is 0 Å². The minimum atomic E-state index is -3.95. The van der Waals surface area contributed by atoms with Gasteiger partial charge in [0.15, 0.2) is 0 Å². The van der Waals surface area contributed by atoms with E-state index in [0.717, 1.165) is 10.0 Å². The molecule has 3 aromatic rings. The van der Waals surface area contributed by atoms with Crippen LogP contribution in [0.15, 0.2) is 87.7 Å². The van der Waals surface area contributed by atoms with Crippen LogP contribution in [0.25, 0.3) is 0 Å². The summed E-state index contributed by atoms with van der Waals surface area (Å²) in [4.78, 5) is 41.2. The number of anilines is 1. The predicted octanol–water partition coefficient (Wildman–Crippen LogP) is 5.36. The maximum absolute atomic E-state index is 13.3. The first kappa shape index (κ1) is 27.1. The van der Waals surface area contributed by atoms with Crippen LogP contribution in [0, 0.1) is 0 Å². The number of benzene rings is 3. The highest BCUT2D eigenvalue weighted by molar-refractivity contribution is 9.10. The molecule has 2 aliphatic heterocycles. The second kappa shape index (κ2) is 11.0. The summed E-state index contributed by atoms with van der Waals surface area (Å²) < 4.78 is 29.2. The van der Waals surface area contributed by atoms with E-state index >= 15 is 0 Å². The van der Waals surface area contributed by atoms with Gasteiger partial charge >= 0.3 is 0 Å². The Hall–Kier alpha value is -3.47. The van der Waals surface area contributed by atoms with Crippen LogP contribution in [0.3, 0.4) is 0 Å². The average Bonchev–Trinajstić information content (AvgIpc) is 3.18. The molecular weight excluding hydrogens is 606 g/mol. The molecule has 0 radical (unpaired) electrons. The lowest BCUT2D eigenvalue weighted by Gasteiger charge is -2.27. The van der Waals surface area contributed by atoms with Gasteiger partial charge in [-0.1, -0.05) is 51.3 Å². The molecule has 8 nitrogen and oxygen atoms in total. The number of hydrogen-bond donors (Lipinski definition) is 1. The number of carbonyl (C=O) groups excluding carboxylic acids is 3. The molecule has 2 heterocycles. The number of nitrogens with zero attached hydrogens (tertiary/aromatic N) is 2. The van der Waals surface area contributed by atoms with Crippen molar-refractivity contribution in [2.45, 2.75) is 17.7 Å². The summed E-state index contributed by atoms with van der Waals surface area (Å²) >= 11 is 9.61. The van der Waals surface area contributed by atoms with E-state index in [-0.39, 0.29) is 39.7 Å². The fraction of sp³-hybridized carbons (Fsp3) is 0.179. The quantitative estimate of drug-likeness (QED) is 0.280. The Morgan fingerprint density at radius 1 is 0.974 bits per heavy atom. The van der Waals surface area contributed by atoms with E-state index in [9.17, 15) is 22.8 Å². The number of fused-ring (bicyclic) bond motifs is 1. The van der Waals surface area contributed by atoms with Gasteiger partial charge < -0.3 is 4.90 Å². The van der Waals surface area contributed by atoms with Crippen molar-refractivity contribution >= 4 is 61.0 Å². The van der Waals surface area contributed by atoms with Crippen LogP contribution in [0.5, 0.6) is 0 Å². The Balaban J connectivity index is 1.24. The summed E-state index contributed by atoms with van der Waals surface area (Å²) in [5.41, 5.74) is 2.36. The molecule has 0 saturated heterocycles. The molecule has 0 unspecified atom stereocenters. The molecule has 39 heavy (non-hydrogen) atoms. The van der Waals surface area contributed by atoms with E-state index in [4.69, 9.17) is 11.6 Å². The van der Waals surface area contributed by atoms with E-state index in [1.54, 1.807) is 53.4 Å². The minimum absolute atomic E-state index is 0.0765. The number of hydrogen-bond acceptors (Lipinski definition) is 5. The van der Waals surface area contributed by atoms with Crippen molar-refractivity contribution in [3.05, 3.63) is 105 Å². The Labute approximate surface area is 239 Å². The molecule has 0 aliphatic carbocycles. The molecule has 200 valence electrons. The fourth-order valence-electron chi connectivity index (χ4n) is 4.56. The Morgan fingerprint density at radius 2 is 1.64 bits per heavy atom. The zero-order chi connectivity index (χ0) is 27.7. The zero-order valence-electron chi connectivity index (χ0n) is 20.6. The van der Waals surface area contributed by atoms with Gasteiger partial charge in [-0.05, 0) is 67.4 Å². The molecule has 3 aromatic carbocycles. The minimum Gasteiger partial charge on any atom is -0.335 e. The molecule has 0 bridgehead atoms. The number of halogens is 2. The van der Waals surface area contributed by atoms with Gasteiger partial charge in [-0.15, -0.1) is 0 Å². The highest BCUT2D eigenvalue weighted by atomic mass is 79.9. The smallest absolute Gasteiger partial charge is 0.261 e. The van der Waals surface area contributed by atoms with Gasteiger partial charge in [0.25, 0.3) is 27.7 Å². The van der Waals surface area contributed by atoms with E-state index in [1.807, 2.05) is 6.08 Å². The molecule has 2 aliphatic rings. The van der Waals surface area contributed by atoms with Crippen LogP contribution in [-0.4, -0.2) is 55.6 Å². The first-order chi connectivity index (χ1) is 18.6. The van der Waals surface area contributed by atoms with Crippen molar-refractivity contribution < 1.29 is 22.8 Å². The Kier molecular flexibility index (Phi) is 7.61. The van der Waals surface area contributed by atoms with Crippen molar-refractivity contribution in [2.24, 2.45) is 0 Å². The summed E-state index contributed by atoms with van der Waals surface area (Å²) in [5, 5.41) is 0.156. The third-order valence-corrected chi connectivity index (χ3v) is 8.94. The largest absolute Gasteiger partial charge is 0.335 e. The molecule has 3 amide bonds. The van der Waals surface area contributed by atoms with Gasteiger partial charge in [-0.2, -0.15) is 0 Å². The fourth-order valence-corrected chi connectivity index (χ4v) is 6.11. The van der Waals surface area contributed by atoms with Gasteiger partial charge in [-0.3, -0.25) is 24.0 Å². The van der Waals surface area contributed by atoms with Gasteiger partial charge in [-0.25, -0.2) is 8.42 Å². The third kappa shape index (κ3) is 5.63. The first-order valence-corrected chi connectivity index (χ1v) is 14.8. The molecule has 0 saturated carbocycles. The molecule has 0 atom stereocenters. The van der Waals surface area contributed by atoms with Gasteiger partial charge in [0.1, 0.15) is 0 Å². The number of rotatable bonds is 7. The summed E-state index contributed by atoms with van der Waals surface area (Å²) in [7, 11) is -3.95. The summed E-state index contributed by atoms with van der Waals surface area (Å²) in [6.07, 6.45) is 2.99. The van der Waals surface area contributed by atoms with Gasteiger partial charge in [0.05, 0.1) is 26.6 Å². The van der Waals surface area contributed by atoms with Crippen LogP contribution in [0.2, 0.25) is 5.02 Å². The second-order valence-electron chi connectivity index (χ2n) is 9.18. The van der Waals surface area contributed by atoms with Crippen molar-refractivity contribution in [2.75, 3.05) is 24.4 Å². The molecule has 0 spiro atoms. The molecule has 0 aromatic heterocycles. The Bertz CT molecular complexity index is 1590. The molecule has 0 fully saturated rings. The summed E-state index contributed by atoms with van der Waals surface area (Å²) in [6.45, 7) is 0.973. The first-order valence-electron chi connectivity index (χ1n) is 12.1. The zero-order valence-corrected chi connectivity index (χ0v) is 23.7. The van der Waals surface area contributed by atoms with Crippen LogP contribution in [0.4, 0.5) is 5.69 Å². The topological polar surface area (TPSA) is 104 Å². The highest BCUT2D eigenvalue weighted by Crippen LogP contribution is 2.27. The molecular formula is C28H23BrClN3O5S. The lowest BCUT2D eigenvalue weighted by Crippen LogP contribution is -2.36. The maximum atomic E-state index is 13.3. The van der Waals surface area contributed by atoms with E-state index in [2.05, 4.69) is 20.7 Å². The third-order valence-electron chi connectivity index (χ3n) is 6.70. The number of sulfonamides is 1. The van der Waals surface area contributed by atoms with Crippen molar-refractivity contribution in [1.82, 2.24) is 9.80 Å². The number of amides is 3. The van der Waals surface area contributed by atoms with Gasteiger partial charge in [0, 0.05) is 29.8 Å². The SMILES string of the molecule is O=C(c1cc(S(=O)(=O)Nc2ccc(Br)cc2)ccc1Cl)N1CC=C(CCN2C(=O)c3ccccc3C2=O)CC1. The second-order valence-corrected chi connectivity index (χ2v) is 12.2. The van der Waals surface area contributed by atoms with E-state index < -0.39 is 10.0 Å². The van der Waals surface area contributed by atoms with E-state index in [0.29, 0.717) is 42.7 Å². The summed E-state index contributed by atoms with van der Waals surface area (Å²) in [6, 6.07) is 17.5. The number of nitrogens with one attached hydrogen (secondary N) is 1. The number of carbonyl (C=O) groups is 3. The monoisotopic (exact) mass is 627 g/mol. The molecule has 11 heteroatoms.